The fourth-order valence-electron chi connectivity index (χ4n) is 2.52. The van der Waals surface area contributed by atoms with Crippen molar-refractivity contribution in [3.63, 3.8) is 0 Å². The molecule has 0 atom stereocenters. The van der Waals surface area contributed by atoms with E-state index < -0.39 is 0 Å². The van der Waals surface area contributed by atoms with Gasteiger partial charge >= 0.3 is 0 Å². The molecule has 4 nitrogen and oxygen atoms in total. The van der Waals surface area contributed by atoms with E-state index in [1.54, 1.807) is 13.2 Å². The van der Waals surface area contributed by atoms with Crippen LogP contribution in [-0.4, -0.2) is 19.6 Å². The maximum Gasteiger partial charge on any atom is 0.248 e. The molecule has 0 aliphatic carbocycles. The molecule has 0 heterocycles. The van der Waals surface area contributed by atoms with Gasteiger partial charge in [0.2, 0.25) is 5.91 Å². The Balaban J connectivity index is 2.06. The van der Waals surface area contributed by atoms with Crippen LogP contribution in [0.4, 0.5) is 5.69 Å². The molecule has 1 N–H and O–H groups in total. The minimum Gasteiger partial charge on any atom is -0.493 e. The van der Waals surface area contributed by atoms with E-state index in [9.17, 15) is 4.79 Å². The van der Waals surface area contributed by atoms with Crippen molar-refractivity contribution >= 4 is 17.7 Å². The number of amides is 1. The third-order valence-electron chi connectivity index (χ3n) is 3.57. The van der Waals surface area contributed by atoms with E-state index in [0.29, 0.717) is 18.1 Å². The second-order valence-electron chi connectivity index (χ2n) is 5.96. The smallest absolute Gasteiger partial charge is 0.248 e. The molecule has 0 aromatic heterocycles. The van der Waals surface area contributed by atoms with Crippen molar-refractivity contribution in [1.82, 2.24) is 0 Å². The maximum absolute atomic E-state index is 12.1. The normalized spacial score (nSPS) is 10.7. The van der Waals surface area contributed by atoms with Gasteiger partial charge < -0.3 is 14.8 Å². The monoisotopic (exact) mass is 339 g/mol. The first-order chi connectivity index (χ1) is 12.0. The quantitative estimate of drug-likeness (QED) is 0.740. The predicted octanol–water partition coefficient (Wildman–Crippen LogP) is 4.75. The van der Waals surface area contributed by atoms with Crippen molar-refractivity contribution in [2.75, 3.05) is 19.0 Å². The molecule has 2 aromatic carbocycles. The van der Waals surface area contributed by atoms with Gasteiger partial charge in [-0.25, -0.2) is 0 Å². The first-order valence-electron chi connectivity index (χ1n) is 8.40. The number of aryl methyl sites for hydroxylation is 2. The van der Waals surface area contributed by atoms with E-state index in [1.165, 1.54) is 6.08 Å². The zero-order chi connectivity index (χ0) is 18.2. The number of carbonyl (C=O) groups excluding carboxylic acids is 1. The van der Waals surface area contributed by atoms with Gasteiger partial charge in [0, 0.05) is 11.8 Å². The molecule has 0 saturated heterocycles. The SMILES string of the molecule is CCCOc1ccc(/C=C/C(=O)Nc2cc(C)cc(C)c2)cc1OC. The van der Waals surface area contributed by atoms with Crippen molar-refractivity contribution in [2.45, 2.75) is 27.2 Å². The van der Waals surface area contributed by atoms with Crippen molar-refractivity contribution in [2.24, 2.45) is 0 Å². The van der Waals surface area contributed by atoms with Gasteiger partial charge in [-0.3, -0.25) is 4.79 Å². The highest BCUT2D eigenvalue weighted by Gasteiger charge is 2.05. The fourth-order valence-corrected chi connectivity index (χ4v) is 2.52. The molecule has 0 aliphatic rings. The number of benzene rings is 2. The van der Waals surface area contributed by atoms with Gasteiger partial charge in [-0.15, -0.1) is 0 Å². The molecule has 0 spiro atoms. The van der Waals surface area contributed by atoms with Crippen molar-refractivity contribution in [1.29, 1.82) is 0 Å². The molecule has 0 fully saturated rings. The van der Waals surface area contributed by atoms with Gasteiger partial charge in [0.25, 0.3) is 0 Å². The number of carbonyl (C=O) groups is 1. The number of methoxy groups -OCH3 is 1. The van der Waals surface area contributed by atoms with Crippen LogP contribution in [-0.2, 0) is 4.79 Å². The van der Waals surface area contributed by atoms with Crippen LogP contribution in [0.25, 0.3) is 6.08 Å². The highest BCUT2D eigenvalue weighted by molar-refractivity contribution is 6.02. The average Bonchev–Trinajstić information content (AvgIpc) is 2.57. The van der Waals surface area contributed by atoms with Crippen molar-refractivity contribution < 1.29 is 14.3 Å². The topological polar surface area (TPSA) is 47.6 Å². The number of anilines is 1. The van der Waals surface area contributed by atoms with Crippen molar-refractivity contribution in [3.8, 4) is 11.5 Å². The lowest BCUT2D eigenvalue weighted by molar-refractivity contribution is -0.111. The predicted molar refractivity (Wildman–Crippen MR) is 102 cm³/mol. The van der Waals surface area contributed by atoms with Crippen LogP contribution < -0.4 is 14.8 Å². The van der Waals surface area contributed by atoms with Gasteiger partial charge in [0.1, 0.15) is 0 Å². The molecule has 0 unspecified atom stereocenters. The Morgan fingerprint density at radius 3 is 2.44 bits per heavy atom. The van der Waals surface area contributed by atoms with Crippen LogP contribution in [0.1, 0.15) is 30.0 Å². The largest absolute Gasteiger partial charge is 0.493 e. The van der Waals surface area contributed by atoms with Gasteiger partial charge in [0.05, 0.1) is 13.7 Å². The van der Waals surface area contributed by atoms with Crippen LogP contribution in [0, 0.1) is 13.8 Å². The summed E-state index contributed by atoms with van der Waals surface area (Å²) in [7, 11) is 1.61. The van der Waals surface area contributed by atoms with Crippen LogP contribution in [0.15, 0.2) is 42.5 Å². The lowest BCUT2D eigenvalue weighted by atomic mass is 10.1. The third kappa shape index (κ3) is 5.68. The molecule has 2 aromatic rings. The number of hydrogen-bond acceptors (Lipinski definition) is 3. The minimum absolute atomic E-state index is 0.171. The molecule has 0 bridgehead atoms. The second-order valence-corrected chi connectivity index (χ2v) is 5.96. The summed E-state index contributed by atoms with van der Waals surface area (Å²) < 4.78 is 11.0. The van der Waals surface area contributed by atoms with Crippen LogP contribution in [0.5, 0.6) is 11.5 Å². The number of nitrogens with one attached hydrogen (secondary N) is 1. The maximum atomic E-state index is 12.1. The van der Waals surface area contributed by atoms with E-state index in [-0.39, 0.29) is 5.91 Å². The third-order valence-corrected chi connectivity index (χ3v) is 3.57. The molecule has 0 saturated carbocycles. The Bertz CT molecular complexity index is 745. The van der Waals surface area contributed by atoms with E-state index in [4.69, 9.17) is 9.47 Å². The van der Waals surface area contributed by atoms with E-state index in [1.807, 2.05) is 44.2 Å². The molecule has 0 radical (unpaired) electrons. The van der Waals surface area contributed by atoms with Gasteiger partial charge in [-0.2, -0.15) is 0 Å². The Hall–Kier alpha value is -2.75. The van der Waals surface area contributed by atoms with Gasteiger partial charge in [-0.05, 0) is 67.3 Å². The summed E-state index contributed by atoms with van der Waals surface area (Å²) >= 11 is 0. The van der Waals surface area contributed by atoms with E-state index in [0.717, 1.165) is 28.8 Å². The van der Waals surface area contributed by atoms with Crippen molar-refractivity contribution in [3.05, 3.63) is 59.2 Å². The molecule has 1 amide bonds. The molecule has 25 heavy (non-hydrogen) atoms. The summed E-state index contributed by atoms with van der Waals surface area (Å²) in [6, 6.07) is 11.6. The molecule has 4 heteroatoms. The fraction of sp³-hybridized carbons (Fsp3) is 0.286. The highest BCUT2D eigenvalue weighted by atomic mass is 16.5. The molecule has 132 valence electrons. The average molecular weight is 339 g/mol. The highest BCUT2D eigenvalue weighted by Crippen LogP contribution is 2.28. The summed E-state index contributed by atoms with van der Waals surface area (Å²) in [5.41, 5.74) is 3.91. The summed E-state index contributed by atoms with van der Waals surface area (Å²) in [5.74, 6) is 1.20. The first kappa shape index (κ1) is 18.6. The zero-order valence-corrected chi connectivity index (χ0v) is 15.3. The van der Waals surface area contributed by atoms with Gasteiger partial charge in [0.15, 0.2) is 11.5 Å². The summed E-state index contributed by atoms with van der Waals surface area (Å²) in [6.45, 7) is 6.71. The van der Waals surface area contributed by atoms with Gasteiger partial charge in [-0.1, -0.05) is 19.1 Å². The number of rotatable bonds is 7. The Kier molecular flexibility index (Phi) is 6.63. The lowest BCUT2D eigenvalue weighted by Crippen LogP contribution is -2.08. The molecule has 0 aliphatic heterocycles. The molecule has 2 rings (SSSR count). The zero-order valence-electron chi connectivity index (χ0n) is 15.3. The van der Waals surface area contributed by atoms with E-state index >= 15 is 0 Å². The van der Waals surface area contributed by atoms with E-state index in [2.05, 4.69) is 18.3 Å². The molecular formula is C21H25NO3. The first-order valence-corrected chi connectivity index (χ1v) is 8.40. The lowest BCUT2D eigenvalue weighted by Gasteiger charge is -2.10. The molecular weight excluding hydrogens is 314 g/mol. The van der Waals surface area contributed by atoms with Crippen LogP contribution >= 0.6 is 0 Å². The second kappa shape index (κ2) is 8.92. The Labute approximate surface area is 149 Å². The standard InChI is InChI=1S/C21H25NO3/c1-5-10-25-19-8-6-17(14-20(19)24-4)7-9-21(23)22-18-12-15(2)11-16(3)13-18/h6-9,11-14H,5,10H2,1-4H3,(H,22,23)/b9-7+. The minimum atomic E-state index is -0.171. The number of hydrogen-bond donors (Lipinski definition) is 1. The Morgan fingerprint density at radius 1 is 1.08 bits per heavy atom. The summed E-state index contributed by atoms with van der Waals surface area (Å²) in [4.78, 5) is 12.1. The van der Waals surface area contributed by atoms with Crippen LogP contribution in [0.3, 0.4) is 0 Å². The Morgan fingerprint density at radius 2 is 1.80 bits per heavy atom. The summed E-state index contributed by atoms with van der Waals surface area (Å²) in [5, 5.41) is 2.88. The summed E-state index contributed by atoms with van der Waals surface area (Å²) in [6.07, 6.45) is 4.20. The number of ether oxygens (including phenoxy) is 2. The van der Waals surface area contributed by atoms with Crippen LogP contribution in [0.2, 0.25) is 0 Å².